The molecule has 0 aliphatic carbocycles. The van der Waals surface area contributed by atoms with E-state index in [0.717, 1.165) is 5.56 Å². The SMILES string of the molecule is CC(C)c1cnc(NS(=O)(=O)c2ccccc2N)nc1. The molecule has 0 unspecified atom stereocenters. The second kappa shape index (κ2) is 5.46. The Morgan fingerprint density at radius 3 is 2.30 bits per heavy atom. The van der Waals surface area contributed by atoms with E-state index < -0.39 is 10.0 Å². The summed E-state index contributed by atoms with van der Waals surface area (Å²) in [5, 5.41) is 0. The fourth-order valence-electron chi connectivity index (χ4n) is 1.59. The van der Waals surface area contributed by atoms with Crippen molar-refractivity contribution in [1.82, 2.24) is 9.97 Å². The minimum absolute atomic E-state index is 0.0107. The molecular formula is C13H16N4O2S. The summed E-state index contributed by atoms with van der Waals surface area (Å²) in [7, 11) is -3.78. The van der Waals surface area contributed by atoms with Crippen LogP contribution in [0.2, 0.25) is 0 Å². The third-order valence-corrected chi connectivity index (χ3v) is 4.17. The van der Waals surface area contributed by atoms with E-state index in [0.29, 0.717) is 0 Å². The Balaban J connectivity index is 2.27. The summed E-state index contributed by atoms with van der Waals surface area (Å²) in [5.41, 5.74) is 6.78. The van der Waals surface area contributed by atoms with Gasteiger partial charge in [-0.25, -0.2) is 23.1 Å². The van der Waals surface area contributed by atoms with Crippen LogP contribution in [0.4, 0.5) is 11.6 Å². The van der Waals surface area contributed by atoms with Gasteiger partial charge in [0.1, 0.15) is 4.90 Å². The highest BCUT2D eigenvalue weighted by Gasteiger charge is 2.18. The molecule has 0 fully saturated rings. The second-order valence-corrected chi connectivity index (χ2v) is 6.29. The van der Waals surface area contributed by atoms with Crippen LogP contribution in [0.25, 0.3) is 0 Å². The lowest BCUT2D eigenvalue weighted by atomic mass is 10.1. The molecule has 0 saturated heterocycles. The molecule has 20 heavy (non-hydrogen) atoms. The molecule has 7 heteroatoms. The summed E-state index contributed by atoms with van der Waals surface area (Å²) < 4.78 is 26.7. The maximum atomic E-state index is 12.2. The van der Waals surface area contributed by atoms with Crippen molar-refractivity contribution < 1.29 is 8.42 Å². The van der Waals surface area contributed by atoms with Crippen molar-refractivity contribution in [1.29, 1.82) is 0 Å². The predicted molar refractivity (Wildman–Crippen MR) is 77.8 cm³/mol. The van der Waals surface area contributed by atoms with Crippen LogP contribution in [0.5, 0.6) is 0 Å². The minimum atomic E-state index is -3.78. The molecule has 0 atom stereocenters. The van der Waals surface area contributed by atoms with Gasteiger partial charge >= 0.3 is 0 Å². The van der Waals surface area contributed by atoms with Gasteiger partial charge in [0.2, 0.25) is 5.95 Å². The Labute approximate surface area is 118 Å². The van der Waals surface area contributed by atoms with E-state index in [4.69, 9.17) is 5.73 Å². The van der Waals surface area contributed by atoms with Gasteiger partial charge in [-0.2, -0.15) is 0 Å². The monoisotopic (exact) mass is 292 g/mol. The van der Waals surface area contributed by atoms with Crippen molar-refractivity contribution >= 4 is 21.7 Å². The van der Waals surface area contributed by atoms with Crippen molar-refractivity contribution in [2.45, 2.75) is 24.7 Å². The molecule has 0 bridgehead atoms. The Morgan fingerprint density at radius 2 is 1.75 bits per heavy atom. The largest absolute Gasteiger partial charge is 0.398 e. The molecule has 106 valence electrons. The van der Waals surface area contributed by atoms with E-state index in [9.17, 15) is 8.42 Å². The van der Waals surface area contributed by atoms with Gasteiger partial charge in [-0.1, -0.05) is 26.0 Å². The van der Waals surface area contributed by atoms with Crippen LogP contribution in [0.3, 0.4) is 0 Å². The van der Waals surface area contributed by atoms with E-state index in [1.165, 1.54) is 12.1 Å². The van der Waals surface area contributed by atoms with E-state index in [1.54, 1.807) is 24.5 Å². The maximum absolute atomic E-state index is 12.2. The van der Waals surface area contributed by atoms with Crippen LogP contribution in [0.15, 0.2) is 41.6 Å². The average molecular weight is 292 g/mol. The van der Waals surface area contributed by atoms with Crippen molar-refractivity contribution in [2.75, 3.05) is 10.5 Å². The van der Waals surface area contributed by atoms with Crippen LogP contribution in [-0.4, -0.2) is 18.4 Å². The summed E-state index contributed by atoms with van der Waals surface area (Å²) in [6.45, 7) is 4.01. The second-order valence-electron chi connectivity index (χ2n) is 4.64. The Bertz CT molecular complexity index is 697. The summed E-state index contributed by atoms with van der Waals surface area (Å²) in [6.07, 6.45) is 3.20. The van der Waals surface area contributed by atoms with Gasteiger partial charge < -0.3 is 5.73 Å². The van der Waals surface area contributed by atoms with Crippen molar-refractivity contribution in [3.8, 4) is 0 Å². The topological polar surface area (TPSA) is 98.0 Å². The van der Waals surface area contributed by atoms with Gasteiger partial charge in [-0.3, -0.25) is 0 Å². The molecule has 0 saturated carbocycles. The number of hydrogen-bond acceptors (Lipinski definition) is 5. The van der Waals surface area contributed by atoms with Gasteiger partial charge in [-0.15, -0.1) is 0 Å². The quantitative estimate of drug-likeness (QED) is 0.840. The van der Waals surface area contributed by atoms with Crippen LogP contribution < -0.4 is 10.5 Å². The van der Waals surface area contributed by atoms with Gasteiger partial charge in [0.05, 0.1) is 5.69 Å². The number of nitrogen functional groups attached to an aromatic ring is 1. The number of sulfonamides is 1. The third-order valence-electron chi connectivity index (χ3n) is 2.77. The first-order valence-corrected chi connectivity index (χ1v) is 7.58. The van der Waals surface area contributed by atoms with Gasteiger partial charge in [0.15, 0.2) is 0 Å². The smallest absolute Gasteiger partial charge is 0.266 e. The highest BCUT2D eigenvalue weighted by molar-refractivity contribution is 7.92. The molecule has 2 rings (SSSR count). The Kier molecular flexibility index (Phi) is 3.89. The summed E-state index contributed by atoms with van der Waals surface area (Å²) >= 11 is 0. The predicted octanol–water partition coefficient (Wildman–Crippen LogP) is 1.98. The van der Waals surface area contributed by atoms with Crippen molar-refractivity contribution in [2.24, 2.45) is 0 Å². The number of nitrogens with two attached hydrogens (primary N) is 1. The number of benzene rings is 1. The van der Waals surface area contributed by atoms with E-state index in [-0.39, 0.29) is 22.4 Å². The first-order chi connectivity index (χ1) is 9.40. The molecule has 0 amide bonds. The Hall–Kier alpha value is -2.15. The molecule has 2 aromatic rings. The maximum Gasteiger partial charge on any atom is 0.266 e. The number of aromatic nitrogens is 2. The summed E-state index contributed by atoms with van der Waals surface area (Å²) in [5.74, 6) is 0.308. The van der Waals surface area contributed by atoms with Gasteiger partial charge in [-0.05, 0) is 23.6 Å². The van der Waals surface area contributed by atoms with Gasteiger partial charge in [0.25, 0.3) is 10.0 Å². The summed E-state index contributed by atoms with van der Waals surface area (Å²) in [4.78, 5) is 8.01. The molecule has 1 aromatic heterocycles. The van der Waals surface area contributed by atoms with Crippen LogP contribution in [0.1, 0.15) is 25.3 Å². The van der Waals surface area contributed by atoms with E-state index in [1.807, 2.05) is 13.8 Å². The third kappa shape index (κ3) is 3.05. The van der Waals surface area contributed by atoms with E-state index in [2.05, 4.69) is 14.7 Å². The highest BCUT2D eigenvalue weighted by atomic mass is 32.2. The number of rotatable bonds is 4. The molecule has 0 aliphatic rings. The minimum Gasteiger partial charge on any atom is -0.398 e. The Morgan fingerprint density at radius 1 is 1.15 bits per heavy atom. The average Bonchev–Trinajstić information content (AvgIpc) is 2.39. The molecule has 1 heterocycles. The molecule has 6 nitrogen and oxygen atoms in total. The van der Waals surface area contributed by atoms with Crippen LogP contribution in [-0.2, 0) is 10.0 Å². The van der Waals surface area contributed by atoms with E-state index >= 15 is 0 Å². The molecule has 0 spiro atoms. The van der Waals surface area contributed by atoms with Crippen molar-refractivity contribution in [3.63, 3.8) is 0 Å². The number of para-hydroxylation sites is 1. The molecule has 0 aliphatic heterocycles. The number of nitrogens with one attached hydrogen (secondary N) is 1. The number of nitrogens with zero attached hydrogens (tertiary/aromatic N) is 2. The fourth-order valence-corrected chi connectivity index (χ4v) is 2.68. The summed E-state index contributed by atoms with van der Waals surface area (Å²) in [6, 6.07) is 6.23. The standard InChI is InChI=1S/C13H16N4O2S/c1-9(2)10-7-15-13(16-8-10)17-20(18,19)12-6-4-3-5-11(12)14/h3-9H,14H2,1-2H3,(H,15,16,17). The number of anilines is 2. The molecular weight excluding hydrogens is 276 g/mol. The highest BCUT2D eigenvalue weighted by Crippen LogP contribution is 2.20. The lowest BCUT2D eigenvalue weighted by molar-refractivity contribution is 0.601. The molecule has 1 aromatic carbocycles. The normalized spacial score (nSPS) is 11.6. The number of hydrogen-bond donors (Lipinski definition) is 2. The lowest BCUT2D eigenvalue weighted by Gasteiger charge is -2.09. The zero-order valence-electron chi connectivity index (χ0n) is 11.2. The first-order valence-electron chi connectivity index (χ1n) is 6.09. The first kappa shape index (κ1) is 14.3. The lowest BCUT2D eigenvalue weighted by Crippen LogP contribution is -2.16. The fraction of sp³-hybridized carbons (Fsp3) is 0.231. The van der Waals surface area contributed by atoms with Crippen molar-refractivity contribution in [3.05, 3.63) is 42.2 Å². The van der Waals surface area contributed by atoms with Crippen LogP contribution in [0, 0.1) is 0 Å². The zero-order chi connectivity index (χ0) is 14.8. The van der Waals surface area contributed by atoms with Crippen LogP contribution >= 0.6 is 0 Å². The molecule has 3 N–H and O–H groups in total. The van der Waals surface area contributed by atoms with Gasteiger partial charge in [0, 0.05) is 12.4 Å². The molecule has 0 radical (unpaired) electrons. The zero-order valence-corrected chi connectivity index (χ0v) is 12.1.